The molecule has 0 unspecified atom stereocenters. The van der Waals surface area contributed by atoms with Crippen LogP contribution in [0.3, 0.4) is 0 Å². The van der Waals surface area contributed by atoms with Gasteiger partial charge in [-0.15, -0.1) is 0 Å². The fourth-order valence-corrected chi connectivity index (χ4v) is 4.94. The Morgan fingerprint density at radius 2 is 1.97 bits per heavy atom. The van der Waals surface area contributed by atoms with Crippen LogP contribution in [0.2, 0.25) is 0 Å². The maximum Gasteiger partial charge on any atom is 0.273 e. The molecule has 5 N–H and O–H groups in total. The van der Waals surface area contributed by atoms with Gasteiger partial charge in [-0.2, -0.15) is 4.37 Å². The van der Waals surface area contributed by atoms with Crippen molar-refractivity contribution in [2.45, 2.75) is 31.9 Å². The number of nitrogens with two attached hydrogens (primary N) is 2. The van der Waals surface area contributed by atoms with Gasteiger partial charge in [0.2, 0.25) is 5.91 Å². The van der Waals surface area contributed by atoms with E-state index in [9.17, 15) is 14.4 Å². The summed E-state index contributed by atoms with van der Waals surface area (Å²) >= 11 is 0.647. The highest BCUT2D eigenvalue weighted by atomic mass is 32.1. The first-order valence-electron chi connectivity index (χ1n) is 12.1. The number of para-hydroxylation sites is 1. The van der Waals surface area contributed by atoms with Crippen LogP contribution in [0.5, 0.6) is 5.75 Å². The molecule has 1 saturated heterocycles. The molecule has 0 radical (unpaired) electrons. The molecule has 3 amide bonds. The van der Waals surface area contributed by atoms with Gasteiger partial charge in [0, 0.05) is 13.2 Å². The van der Waals surface area contributed by atoms with Crippen LogP contribution >= 0.6 is 11.5 Å². The normalized spacial score (nSPS) is 15.6. The third-order valence-electron chi connectivity index (χ3n) is 6.03. The van der Waals surface area contributed by atoms with Gasteiger partial charge in [-0.3, -0.25) is 19.3 Å². The number of aromatic nitrogens is 1. The van der Waals surface area contributed by atoms with Gasteiger partial charge in [-0.25, -0.2) is 4.39 Å². The predicted molar refractivity (Wildman–Crippen MR) is 141 cm³/mol. The van der Waals surface area contributed by atoms with Crippen LogP contribution in [-0.2, 0) is 9.53 Å². The Morgan fingerprint density at radius 1 is 1.24 bits per heavy atom. The Kier molecular flexibility index (Phi) is 8.54. The maximum absolute atomic E-state index is 15.2. The number of hydrogen-bond acceptors (Lipinski definition) is 8. The summed E-state index contributed by atoms with van der Waals surface area (Å²) in [6, 6.07) is 10.9. The van der Waals surface area contributed by atoms with E-state index in [1.54, 1.807) is 30.3 Å². The molecule has 1 aliphatic rings. The summed E-state index contributed by atoms with van der Waals surface area (Å²) < 4.78 is 30.2. The zero-order valence-electron chi connectivity index (χ0n) is 20.7. The summed E-state index contributed by atoms with van der Waals surface area (Å²) in [7, 11) is 0. The number of hydrogen-bond donors (Lipinski definition) is 3. The summed E-state index contributed by atoms with van der Waals surface area (Å²) in [6.07, 6.45) is 1.51. The van der Waals surface area contributed by atoms with Crippen LogP contribution in [0, 0.1) is 5.82 Å². The average Bonchev–Trinajstić information content (AvgIpc) is 3.57. The lowest BCUT2D eigenvalue weighted by Crippen LogP contribution is -2.46. The minimum atomic E-state index is -1.31. The third kappa shape index (κ3) is 5.76. The zero-order chi connectivity index (χ0) is 27.2. The number of anilines is 2. The molecule has 10 nitrogen and oxygen atoms in total. The first kappa shape index (κ1) is 27.0. The average molecular weight is 542 g/mol. The number of rotatable bonds is 10. The largest absolute Gasteiger partial charge is 0.494 e. The summed E-state index contributed by atoms with van der Waals surface area (Å²) in [6.45, 7) is 3.11. The van der Waals surface area contributed by atoms with Crippen molar-refractivity contribution in [2.75, 3.05) is 30.4 Å². The highest BCUT2D eigenvalue weighted by Gasteiger charge is 2.37. The van der Waals surface area contributed by atoms with E-state index in [-0.39, 0.29) is 34.6 Å². The van der Waals surface area contributed by atoms with Gasteiger partial charge < -0.3 is 26.3 Å². The Bertz CT molecular complexity index is 1310. The second-order valence-corrected chi connectivity index (χ2v) is 9.32. The number of halogens is 1. The number of nitrogen functional groups attached to an aromatic ring is 1. The molecule has 1 aliphatic heterocycles. The van der Waals surface area contributed by atoms with E-state index in [2.05, 4.69) is 9.69 Å². The summed E-state index contributed by atoms with van der Waals surface area (Å²) in [5.41, 5.74) is 11.1. The fourth-order valence-electron chi connectivity index (χ4n) is 4.20. The Hall–Kier alpha value is -4.03. The molecule has 2 aromatic carbocycles. The Morgan fingerprint density at radius 3 is 2.58 bits per heavy atom. The van der Waals surface area contributed by atoms with Gasteiger partial charge in [0.15, 0.2) is 5.69 Å². The fraction of sp³-hybridized carbons (Fsp3) is 0.308. The lowest BCUT2D eigenvalue weighted by Gasteiger charge is -2.31. The van der Waals surface area contributed by atoms with Crippen LogP contribution in [0.1, 0.15) is 51.5 Å². The highest BCUT2D eigenvalue weighted by molar-refractivity contribution is 7.09. The van der Waals surface area contributed by atoms with E-state index in [1.807, 2.05) is 6.92 Å². The molecule has 3 aromatic rings. The third-order valence-corrected chi connectivity index (χ3v) is 6.88. The van der Waals surface area contributed by atoms with Crippen molar-refractivity contribution in [3.8, 4) is 5.75 Å². The molecule has 12 heteroatoms. The standard InChI is InChI=1S/C26H28FN5O5S/c1-2-36-16-11-9-15(10-12-16)22(25(34)30-14-17-6-5-13-37-17)32(19-8-4-3-7-18(19)27)26(35)23-20(28)21(24(29)33)31-38-23/h3-4,7-12,17,22H,2,5-6,13-14,28H2,1H3,(H2,29,33)(H,30,34)/t17-,22+/m0/s1. The number of ether oxygens (including phenoxy) is 2. The number of amides is 3. The maximum atomic E-state index is 15.2. The second-order valence-electron chi connectivity index (χ2n) is 8.55. The first-order chi connectivity index (χ1) is 18.3. The highest BCUT2D eigenvalue weighted by Crippen LogP contribution is 2.35. The first-order valence-corrected chi connectivity index (χ1v) is 12.8. The topological polar surface area (TPSA) is 150 Å². The van der Waals surface area contributed by atoms with Crippen molar-refractivity contribution < 1.29 is 28.2 Å². The molecule has 4 rings (SSSR count). The molecule has 0 aliphatic carbocycles. The van der Waals surface area contributed by atoms with Gasteiger partial charge in [0.1, 0.15) is 22.5 Å². The Labute approximate surface area is 222 Å². The summed E-state index contributed by atoms with van der Waals surface area (Å²) in [5, 5.41) is 2.85. The molecular weight excluding hydrogens is 513 g/mol. The van der Waals surface area contributed by atoms with E-state index >= 15 is 4.39 Å². The van der Waals surface area contributed by atoms with E-state index in [0.717, 1.165) is 17.7 Å². The molecule has 200 valence electrons. The van der Waals surface area contributed by atoms with Crippen molar-refractivity contribution in [3.05, 3.63) is 70.5 Å². The molecule has 2 heterocycles. The number of benzene rings is 2. The molecule has 2 atom stereocenters. The molecule has 0 spiro atoms. The predicted octanol–water partition coefficient (Wildman–Crippen LogP) is 3.05. The molecule has 38 heavy (non-hydrogen) atoms. The number of nitrogens with zero attached hydrogens (tertiary/aromatic N) is 2. The van der Waals surface area contributed by atoms with Crippen molar-refractivity contribution in [1.82, 2.24) is 9.69 Å². The SMILES string of the molecule is CCOc1ccc([C@H](C(=O)NC[C@@H]2CCCO2)N(C(=O)c2snc(C(N)=O)c2N)c2ccccc2F)cc1. The smallest absolute Gasteiger partial charge is 0.273 e. The van der Waals surface area contributed by atoms with Crippen LogP contribution in [0.4, 0.5) is 15.8 Å². The zero-order valence-corrected chi connectivity index (χ0v) is 21.5. The van der Waals surface area contributed by atoms with Crippen molar-refractivity contribution in [1.29, 1.82) is 0 Å². The van der Waals surface area contributed by atoms with Crippen LogP contribution < -0.4 is 26.4 Å². The van der Waals surface area contributed by atoms with Crippen molar-refractivity contribution >= 4 is 40.6 Å². The number of nitrogens with one attached hydrogen (secondary N) is 1. The molecule has 0 saturated carbocycles. The lowest BCUT2D eigenvalue weighted by molar-refractivity contribution is -0.123. The second kappa shape index (κ2) is 12.0. The van der Waals surface area contributed by atoms with Crippen molar-refractivity contribution in [3.63, 3.8) is 0 Å². The van der Waals surface area contributed by atoms with Crippen LogP contribution in [0.15, 0.2) is 48.5 Å². The van der Waals surface area contributed by atoms with E-state index in [1.165, 1.54) is 18.2 Å². The van der Waals surface area contributed by atoms with Gasteiger partial charge in [0.25, 0.3) is 11.8 Å². The van der Waals surface area contributed by atoms with Gasteiger partial charge in [-0.05, 0) is 61.1 Å². The molecule has 1 fully saturated rings. The number of primary amides is 1. The monoisotopic (exact) mass is 541 g/mol. The number of carbonyl (C=O) groups excluding carboxylic acids is 3. The van der Waals surface area contributed by atoms with Gasteiger partial charge in [0.05, 0.1) is 24.1 Å². The van der Waals surface area contributed by atoms with Crippen LogP contribution in [0.25, 0.3) is 0 Å². The van der Waals surface area contributed by atoms with E-state index < -0.39 is 29.6 Å². The van der Waals surface area contributed by atoms with Crippen LogP contribution in [-0.4, -0.2) is 48.0 Å². The van der Waals surface area contributed by atoms with Crippen molar-refractivity contribution in [2.24, 2.45) is 5.73 Å². The molecule has 0 bridgehead atoms. The quantitative estimate of drug-likeness (QED) is 0.357. The number of carbonyl (C=O) groups is 3. The molecule has 1 aromatic heterocycles. The van der Waals surface area contributed by atoms with E-state index in [0.29, 0.717) is 36.1 Å². The Balaban J connectivity index is 1.81. The minimum Gasteiger partial charge on any atom is -0.494 e. The lowest BCUT2D eigenvalue weighted by atomic mass is 10.0. The summed E-state index contributed by atoms with van der Waals surface area (Å²) in [5.74, 6) is -2.45. The van der Waals surface area contributed by atoms with Gasteiger partial charge >= 0.3 is 0 Å². The van der Waals surface area contributed by atoms with E-state index in [4.69, 9.17) is 20.9 Å². The summed E-state index contributed by atoms with van der Waals surface area (Å²) in [4.78, 5) is 40.3. The van der Waals surface area contributed by atoms with Gasteiger partial charge in [-0.1, -0.05) is 24.3 Å². The minimum absolute atomic E-state index is 0.148. The molecular formula is C26H28FN5O5S.